The monoisotopic (exact) mass is 390 g/mol. The Balaban J connectivity index is 1.48. The van der Waals surface area contributed by atoms with Crippen LogP contribution in [0.4, 0.5) is 11.5 Å². The fraction of sp³-hybridized carbons (Fsp3) is 0.294. The summed E-state index contributed by atoms with van der Waals surface area (Å²) in [6, 6.07) is 8.80. The largest absolute Gasteiger partial charge is 0.354 e. The van der Waals surface area contributed by atoms with E-state index in [1.807, 2.05) is 12.1 Å². The van der Waals surface area contributed by atoms with E-state index >= 15 is 0 Å². The number of hydrogen-bond donors (Lipinski definition) is 1. The van der Waals surface area contributed by atoms with Crippen molar-refractivity contribution in [3.8, 4) is 0 Å². The number of nitrogens with one attached hydrogen (secondary N) is 1. The lowest BCUT2D eigenvalue weighted by atomic mass is 9.97. The smallest absolute Gasteiger partial charge is 0.229 e. The second kappa shape index (κ2) is 7.09. The SMILES string of the molecule is O=C(Nc1ccc(Cl)cc1Cl)[C@@H]1CCCN(c2ccc3nncn3n2)C1. The molecule has 2 aromatic heterocycles. The molecule has 0 bridgehead atoms. The van der Waals surface area contributed by atoms with Crippen LogP contribution in [-0.4, -0.2) is 38.8 Å². The number of fused-ring (bicyclic) bond motifs is 1. The van der Waals surface area contributed by atoms with Crippen molar-refractivity contribution in [3.63, 3.8) is 0 Å². The Hall–Kier alpha value is -2.38. The molecule has 1 saturated heterocycles. The highest BCUT2D eigenvalue weighted by atomic mass is 35.5. The van der Waals surface area contributed by atoms with Gasteiger partial charge in [-0.25, -0.2) is 0 Å². The number of nitrogens with zero attached hydrogens (tertiary/aromatic N) is 5. The van der Waals surface area contributed by atoms with Gasteiger partial charge < -0.3 is 10.2 Å². The zero-order valence-corrected chi connectivity index (χ0v) is 15.3. The van der Waals surface area contributed by atoms with E-state index in [9.17, 15) is 4.79 Å². The number of aromatic nitrogens is 4. The van der Waals surface area contributed by atoms with E-state index in [2.05, 4.69) is 25.5 Å². The van der Waals surface area contributed by atoms with Gasteiger partial charge in [0.05, 0.1) is 16.6 Å². The third-order valence-electron chi connectivity index (χ3n) is 4.45. The quantitative estimate of drug-likeness (QED) is 0.742. The molecule has 134 valence electrons. The summed E-state index contributed by atoms with van der Waals surface area (Å²) >= 11 is 12.0. The number of piperidine rings is 1. The number of benzene rings is 1. The van der Waals surface area contributed by atoms with Gasteiger partial charge in [-0.15, -0.1) is 15.3 Å². The molecule has 0 aliphatic carbocycles. The maximum Gasteiger partial charge on any atom is 0.229 e. The van der Waals surface area contributed by atoms with Gasteiger partial charge in [-0.05, 0) is 43.2 Å². The van der Waals surface area contributed by atoms with Crippen LogP contribution in [0.5, 0.6) is 0 Å². The van der Waals surface area contributed by atoms with Gasteiger partial charge in [-0.1, -0.05) is 23.2 Å². The predicted molar refractivity (Wildman–Crippen MR) is 101 cm³/mol. The van der Waals surface area contributed by atoms with E-state index in [0.717, 1.165) is 25.2 Å². The van der Waals surface area contributed by atoms with Gasteiger partial charge in [-0.3, -0.25) is 4.79 Å². The third-order valence-corrected chi connectivity index (χ3v) is 5.00. The minimum absolute atomic E-state index is 0.0516. The molecule has 0 radical (unpaired) electrons. The normalized spacial score (nSPS) is 17.5. The highest BCUT2D eigenvalue weighted by Gasteiger charge is 2.27. The molecule has 1 fully saturated rings. The molecule has 4 rings (SSSR count). The van der Waals surface area contributed by atoms with Crippen LogP contribution in [0.3, 0.4) is 0 Å². The topological polar surface area (TPSA) is 75.4 Å². The average Bonchev–Trinajstić information content (AvgIpc) is 3.12. The summed E-state index contributed by atoms with van der Waals surface area (Å²) in [6.07, 6.45) is 3.30. The van der Waals surface area contributed by atoms with E-state index in [-0.39, 0.29) is 11.8 Å². The molecule has 1 atom stereocenters. The Labute approximate surface area is 159 Å². The summed E-state index contributed by atoms with van der Waals surface area (Å²) in [5.41, 5.74) is 1.26. The first-order valence-electron chi connectivity index (χ1n) is 8.28. The van der Waals surface area contributed by atoms with Gasteiger partial charge in [0.25, 0.3) is 0 Å². The third kappa shape index (κ3) is 3.45. The number of carbonyl (C=O) groups is 1. The molecule has 0 unspecified atom stereocenters. The average molecular weight is 391 g/mol. The maximum absolute atomic E-state index is 12.7. The maximum atomic E-state index is 12.7. The minimum atomic E-state index is -0.145. The van der Waals surface area contributed by atoms with Crippen LogP contribution in [0.1, 0.15) is 12.8 Å². The molecular weight excluding hydrogens is 375 g/mol. The molecule has 26 heavy (non-hydrogen) atoms. The Morgan fingerprint density at radius 3 is 2.96 bits per heavy atom. The molecule has 0 saturated carbocycles. The Morgan fingerprint density at radius 1 is 1.23 bits per heavy atom. The number of amides is 1. The zero-order valence-electron chi connectivity index (χ0n) is 13.8. The Morgan fingerprint density at radius 2 is 2.12 bits per heavy atom. The number of anilines is 2. The van der Waals surface area contributed by atoms with Crippen LogP contribution in [0.25, 0.3) is 5.65 Å². The minimum Gasteiger partial charge on any atom is -0.354 e. The molecule has 9 heteroatoms. The summed E-state index contributed by atoms with van der Waals surface area (Å²) in [5, 5.41) is 16.2. The van der Waals surface area contributed by atoms with E-state index in [0.29, 0.717) is 27.9 Å². The first-order valence-corrected chi connectivity index (χ1v) is 9.04. The molecular formula is C17H16Cl2N6O. The molecule has 3 heterocycles. The van der Waals surface area contributed by atoms with Crippen LogP contribution in [0.15, 0.2) is 36.7 Å². The van der Waals surface area contributed by atoms with Crippen molar-refractivity contribution in [2.75, 3.05) is 23.3 Å². The van der Waals surface area contributed by atoms with Crippen molar-refractivity contribution < 1.29 is 4.79 Å². The van der Waals surface area contributed by atoms with Crippen LogP contribution in [0, 0.1) is 5.92 Å². The first-order chi connectivity index (χ1) is 12.6. The number of hydrogen-bond acceptors (Lipinski definition) is 5. The van der Waals surface area contributed by atoms with E-state index in [4.69, 9.17) is 23.2 Å². The zero-order chi connectivity index (χ0) is 18.1. The second-order valence-electron chi connectivity index (χ2n) is 6.22. The van der Waals surface area contributed by atoms with Crippen molar-refractivity contribution in [2.24, 2.45) is 5.92 Å². The fourth-order valence-corrected chi connectivity index (χ4v) is 3.57. The molecule has 1 aliphatic rings. The van der Waals surface area contributed by atoms with Crippen LogP contribution in [0.2, 0.25) is 10.0 Å². The van der Waals surface area contributed by atoms with Gasteiger partial charge in [0, 0.05) is 18.1 Å². The van der Waals surface area contributed by atoms with E-state index in [1.54, 1.807) is 29.0 Å². The summed E-state index contributed by atoms with van der Waals surface area (Å²) in [7, 11) is 0. The summed E-state index contributed by atoms with van der Waals surface area (Å²) in [5.74, 6) is 0.609. The van der Waals surface area contributed by atoms with Crippen molar-refractivity contribution in [1.29, 1.82) is 0 Å². The lowest BCUT2D eigenvalue weighted by Gasteiger charge is -2.32. The number of rotatable bonds is 3. The van der Waals surface area contributed by atoms with Gasteiger partial charge in [0.15, 0.2) is 5.65 Å². The molecule has 7 nitrogen and oxygen atoms in total. The van der Waals surface area contributed by atoms with Crippen molar-refractivity contribution in [3.05, 3.63) is 46.7 Å². The lowest BCUT2D eigenvalue weighted by Crippen LogP contribution is -2.41. The lowest BCUT2D eigenvalue weighted by molar-refractivity contribution is -0.120. The van der Waals surface area contributed by atoms with Crippen LogP contribution < -0.4 is 10.2 Å². The molecule has 1 aliphatic heterocycles. The van der Waals surface area contributed by atoms with Crippen molar-refractivity contribution >= 4 is 46.3 Å². The molecule has 3 aromatic rings. The molecule has 1 aromatic carbocycles. The number of carbonyl (C=O) groups excluding carboxylic acids is 1. The summed E-state index contributed by atoms with van der Waals surface area (Å²) in [4.78, 5) is 14.8. The van der Waals surface area contributed by atoms with Crippen LogP contribution >= 0.6 is 23.2 Å². The standard InChI is InChI=1S/C17H16Cl2N6O/c18-12-3-4-14(13(19)8-12)21-17(26)11-2-1-7-24(9-11)16-6-5-15-22-20-10-25(15)23-16/h3-6,8,10-11H,1-2,7,9H2,(H,21,26)/t11-/m1/s1. The highest BCUT2D eigenvalue weighted by Crippen LogP contribution is 2.27. The molecule has 1 amide bonds. The molecule has 0 spiro atoms. The van der Waals surface area contributed by atoms with Crippen LogP contribution in [-0.2, 0) is 4.79 Å². The summed E-state index contributed by atoms with van der Waals surface area (Å²) in [6.45, 7) is 1.45. The fourth-order valence-electron chi connectivity index (χ4n) is 3.11. The highest BCUT2D eigenvalue weighted by molar-refractivity contribution is 6.36. The second-order valence-corrected chi connectivity index (χ2v) is 7.07. The van der Waals surface area contributed by atoms with Gasteiger partial charge in [0.2, 0.25) is 5.91 Å². The Kier molecular flexibility index (Phi) is 4.65. The number of halogens is 2. The molecule has 1 N–H and O–H groups in total. The van der Waals surface area contributed by atoms with Gasteiger partial charge in [0.1, 0.15) is 12.1 Å². The predicted octanol–water partition coefficient (Wildman–Crippen LogP) is 3.29. The van der Waals surface area contributed by atoms with Gasteiger partial charge >= 0.3 is 0 Å². The van der Waals surface area contributed by atoms with Crippen molar-refractivity contribution in [2.45, 2.75) is 12.8 Å². The Bertz CT molecular complexity index is 959. The van der Waals surface area contributed by atoms with E-state index in [1.165, 1.54) is 0 Å². The van der Waals surface area contributed by atoms with Gasteiger partial charge in [-0.2, -0.15) is 4.52 Å². The van der Waals surface area contributed by atoms with Crippen molar-refractivity contribution in [1.82, 2.24) is 19.8 Å². The summed E-state index contributed by atoms with van der Waals surface area (Å²) < 4.78 is 1.63. The van der Waals surface area contributed by atoms with E-state index < -0.39 is 0 Å². The first kappa shape index (κ1) is 17.1.